The lowest BCUT2D eigenvalue weighted by atomic mass is 9.87. The highest BCUT2D eigenvalue weighted by atomic mass is 16.4. The van der Waals surface area contributed by atoms with Crippen LogP contribution in [0.3, 0.4) is 0 Å². The van der Waals surface area contributed by atoms with Gasteiger partial charge in [-0.25, -0.2) is 4.79 Å². The van der Waals surface area contributed by atoms with Gasteiger partial charge in [-0.1, -0.05) is 20.8 Å². The van der Waals surface area contributed by atoms with Gasteiger partial charge < -0.3 is 15.5 Å². The molecule has 1 amide bonds. The SMILES string of the molecule is CC(C)(C)[C@@H](CO)NC(=O)O. The molecule has 0 heterocycles. The second-order valence-electron chi connectivity index (χ2n) is 3.55. The van der Waals surface area contributed by atoms with E-state index in [1.54, 1.807) is 0 Å². The summed E-state index contributed by atoms with van der Waals surface area (Å²) in [5, 5.41) is 19.4. The second-order valence-corrected chi connectivity index (χ2v) is 3.55. The lowest BCUT2D eigenvalue weighted by Gasteiger charge is -2.28. The van der Waals surface area contributed by atoms with Crippen LogP contribution in [-0.2, 0) is 0 Å². The summed E-state index contributed by atoms with van der Waals surface area (Å²) in [7, 11) is 0. The van der Waals surface area contributed by atoms with Crippen LogP contribution in [-0.4, -0.2) is 29.0 Å². The average molecular weight is 161 g/mol. The van der Waals surface area contributed by atoms with Gasteiger partial charge in [-0.3, -0.25) is 0 Å². The third-order valence-corrected chi connectivity index (χ3v) is 1.53. The van der Waals surface area contributed by atoms with E-state index in [1.807, 2.05) is 20.8 Å². The number of hydrogen-bond acceptors (Lipinski definition) is 2. The quantitative estimate of drug-likeness (QED) is 0.557. The van der Waals surface area contributed by atoms with Gasteiger partial charge in [0.15, 0.2) is 0 Å². The summed E-state index contributed by atoms with van der Waals surface area (Å²) >= 11 is 0. The summed E-state index contributed by atoms with van der Waals surface area (Å²) in [4.78, 5) is 10.2. The van der Waals surface area contributed by atoms with Crippen molar-refractivity contribution >= 4 is 6.09 Å². The van der Waals surface area contributed by atoms with Crippen molar-refractivity contribution in [2.75, 3.05) is 6.61 Å². The Hall–Kier alpha value is -0.770. The molecule has 0 fully saturated rings. The van der Waals surface area contributed by atoms with Crippen molar-refractivity contribution in [3.05, 3.63) is 0 Å². The van der Waals surface area contributed by atoms with Crippen molar-refractivity contribution in [2.24, 2.45) is 5.41 Å². The van der Waals surface area contributed by atoms with E-state index >= 15 is 0 Å². The first kappa shape index (κ1) is 10.2. The number of aliphatic hydroxyl groups is 1. The van der Waals surface area contributed by atoms with Crippen LogP contribution in [0, 0.1) is 5.41 Å². The van der Waals surface area contributed by atoms with Crippen LogP contribution in [0.1, 0.15) is 20.8 Å². The van der Waals surface area contributed by atoms with E-state index in [9.17, 15) is 4.79 Å². The molecule has 0 spiro atoms. The van der Waals surface area contributed by atoms with Gasteiger partial charge in [0.25, 0.3) is 0 Å². The molecule has 66 valence electrons. The highest BCUT2D eigenvalue weighted by Gasteiger charge is 2.24. The van der Waals surface area contributed by atoms with Crippen molar-refractivity contribution in [3.8, 4) is 0 Å². The van der Waals surface area contributed by atoms with Crippen LogP contribution in [0.5, 0.6) is 0 Å². The largest absolute Gasteiger partial charge is 0.465 e. The zero-order chi connectivity index (χ0) is 9.07. The Morgan fingerprint density at radius 2 is 2.00 bits per heavy atom. The molecule has 3 N–H and O–H groups in total. The molecule has 4 nitrogen and oxygen atoms in total. The van der Waals surface area contributed by atoms with Crippen LogP contribution in [0.2, 0.25) is 0 Å². The minimum atomic E-state index is -1.10. The molecule has 0 radical (unpaired) electrons. The van der Waals surface area contributed by atoms with E-state index in [0.717, 1.165) is 0 Å². The first-order valence-electron chi connectivity index (χ1n) is 3.48. The van der Waals surface area contributed by atoms with Gasteiger partial charge in [0.05, 0.1) is 12.6 Å². The van der Waals surface area contributed by atoms with E-state index < -0.39 is 12.1 Å². The molecule has 0 rings (SSSR count). The molecule has 0 aromatic rings. The summed E-state index contributed by atoms with van der Waals surface area (Å²) in [6.07, 6.45) is -1.10. The molecule has 0 unspecified atom stereocenters. The second kappa shape index (κ2) is 3.57. The first-order valence-corrected chi connectivity index (χ1v) is 3.48. The fourth-order valence-electron chi connectivity index (χ4n) is 0.685. The van der Waals surface area contributed by atoms with Crippen LogP contribution >= 0.6 is 0 Å². The smallest absolute Gasteiger partial charge is 0.404 e. The van der Waals surface area contributed by atoms with Gasteiger partial charge in [0, 0.05) is 0 Å². The lowest BCUT2D eigenvalue weighted by Crippen LogP contribution is -2.45. The molecule has 0 saturated heterocycles. The topological polar surface area (TPSA) is 69.6 Å². The predicted molar refractivity (Wildman–Crippen MR) is 41.5 cm³/mol. The Labute approximate surface area is 66.2 Å². The Balaban J connectivity index is 4.07. The van der Waals surface area contributed by atoms with Crippen LogP contribution in [0.15, 0.2) is 0 Å². The molecule has 1 atom stereocenters. The fourth-order valence-corrected chi connectivity index (χ4v) is 0.685. The van der Waals surface area contributed by atoms with E-state index in [2.05, 4.69) is 5.32 Å². The highest BCUT2D eigenvalue weighted by Crippen LogP contribution is 2.18. The van der Waals surface area contributed by atoms with E-state index in [4.69, 9.17) is 10.2 Å². The van der Waals surface area contributed by atoms with Gasteiger partial charge in [-0.05, 0) is 5.41 Å². The van der Waals surface area contributed by atoms with Crippen molar-refractivity contribution in [1.29, 1.82) is 0 Å². The molecule has 0 aliphatic heterocycles. The normalized spacial score (nSPS) is 14.2. The number of aliphatic hydroxyl groups excluding tert-OH is 1. The molecule has 0 saturated carbocycles. The van der Waals surface area contributed by atoms with Gasteiger partial charge in [0.1, 0.15) is 0 Å². The summed E-state index contributed by atoms with van der Waals surface area (Å²) in [6, 6.07) is -0.403. The highest BCUT2D eigenvalue weighted by molar-refractivity contribution is 5.64. The van der Waals surface area contributed by atoms with Gasteiger partial charge in [-0.2, -0.15) is 0 Å². The van der Waals surface area contributed by atoms with Crippen LogP contribution < -0.4 is 5.32 Å². The number of nitrogens with one attached hydrogen (secondary N) is 1. The minimum Gasteiger partial charge on any atom is -0.465 e. The number of carbonyl (C=O) groups is 1. The molecule has 0 bridgehead atoms. The third-order valence-electron chi connectivity index (χ3n) is 1.53. The average Bonchev–Trinajstić information content (AvgIpc) is 1.79. The maximum Gasteiger partial charge on any atom is 0.404 e. The third kappa shape index (κ3) is 3.83. The summed E-state index contributed by atoms with van der Waals surface area (Å²) in [6.45, 7) is 5.42. The standard InChI is InChI=1S/C7H15NO3/c1-7(2,3)5(4-9)8-6(10)11/h5,8-9H,4H2,1-3H3,(H,10,11)/t5-/m1/s1. The minimum absolute atomic E-state index is 0.171. The number of hydrogen-bond donors (Lipinski definition) is 3. The molecule has 0 aliphatic carbocycles. The molecule has 11 heavy (non-hydrogen) atoms. The van der Waals surface area contributed by atoms with Gasteiger partial charge in [-0.15, -0.1) is 0 Å². The predicted octanol–water partition coefficient (Wildman–Crippen LogP) is 0.661. The lowest BCUT2D eigenvalue weighted by molar-refractivity contribution is 0.139. The molecule has 0 aromatic carbocycles. The van der Waals surface area contributed by atoms with Crippen molar-refractivity contribution in [3.63, 3.8) is 0 Å². The van der Waals surface area contributed by atoms with Gasteiger partial charge in [0.2, 0.25) is 0 Å². The Bertz CT molecular complexity index is 139. The molecular formula is C7H15NO3. The summed E-state index contributed by atoms with van der Waals surface area (Å²) in [5.41, 5.74) is -0.243. The molecular weight excluding hydrogens is 146 g/mol. The first-order chi connectivity index (χ1) is 4.88. The zero-order valence-electron chi connectivity index (χ0n) is 7.09. The maximum absolute atomic E-state index is 10.2. The van der Waals surface area contributed by atoms with E-state index in [0.29, 0.717) is 0 Å². The van der Waals surface area contributed by atoms with Crippen molar-refractivity contribution in [1.82, 2.24) is 5.32 Å². The molecule has 0 aliphatic rings. The maximum atomic E-state index is 10.2. The van der Waals surface area contributed by atoms with Crippen LogP contribution in [0.25, 0.3) is 0 Å². The van der Waals surface area contributed by atoms with Crippen molar-refractivity contribution < 1.29 is 15.0 Å². The van der Waals surface area contributed by atoms with Crippen molar-refractivity contribution in [2.45, 2.75) is 26.8 Å². The monoisotopic (exact) mass is 161 g/mol. The zero-order valence-corrected chi connectivity index (χ0v) is 7.09. The number of carboxylic acid groups (broad SMARTS) is 1. The van der Waals surface area contributed by atoms with Crippen LogP contribution in [0.4, 0.5) is 4.79 Å². The Morgan fingerprint density at radius 1 is 1.55 bits per heavy atom. The number of rotatable bonds is 2. The Morgan fingerprint density at radius 3 is 2.09 bits per heavy atom. The fraction of sp³-hybridized carbons (Fsp3) is 0.857. The van der Waals surface area contributed by atoms with Gasteiger partial charge >= 0.3 is 6.09 Å². The molecule has 4 heteroatoms. The number of amides is 1. The summed E-state index contributed by atoms with van der Waals surface area (Å²) in [5.74, 6) is 0. The van der Waals surface area contributed by atoms with E-state index in [1.165, 1.54) is 0 Å². The molecule has 0 aromatic heterocycles. The summed E-state index contributed by atoms with van der Waals surface area (Å²) < 4.78 is 0. The van der Waals surface area contributed by atoms with E-state index in [-0.39, 0.29) is 12.0 Å². The Kier molecular flexibility index (Phi) is 3.32.